The summed E-state index contributed by atoms with van der Waals surface area (Å²) in [6, 6.07) is 4.83. The van der Waals surface area contributed by atoms with E-state index < -0.39 is 0 Å². The normalized spacial score (nSPS) is 12.0. The number of rotatable bonds is 4. The third kappa shape index (κ3) is 5.29. The molecule has 0 saturated heterocycles. The average molecular weight is 306 g/mol. The van der Waals surface area contributed by atoms with Crippen molar-refractivity contribution in [1.29, 1.82) is 0 Å². The Morgan fingerprint density at radius 1 is 1.28 bits per heavy atom. The predicted octanol–water partition coefficient (Wildman–Crippen LogP) is 3.85. The molecule has 0 fully saturated rings. The molecular weight excluding hydrogens is 293 g/mol. The number of hydrogen-bond donors (Lipinski definition) is 1. The lowest BCUT2D eigenvalue weighted by Crippen LogP contribution is -2.22. The molecule has 1 amide bonds. The van der Waals surface area contributed by atoms with Crippen molar-refractivity contribution in [2.75, 3.05) is 11.1 Å². The number of benzene rings is 1. The van der Waals surface area contributed by atoms with Crippen molar-refractivity contribution >= 4 is 51.7 Å². The van der Waals surface area contributed by atoms with Gasteiger partial charge in [0.25, 0.3) is 0 Å². The van der Waals surface area contributed by atoms with Crippen LogP contribution in [0.2, 0.25) is 10.0 Å². The zero-order valence-electron chi connectivity index (χ0n) is 10.00. The van der Waals surface area contributed by atoms with Gasteiger partial charge in [0.2, 0.25) is 5.91 Å². The smallest absolute Gasteiger partial charge is 0.228 e. The van der Waals surface area contributed by atoms with E-state index in [0.717, 1.165) is 11.8 Å². The summed E-state index contributed by atoms with van der Waals surface area (Å²) in [5.74, 6) is 0.0221. The number of nitrogens with one attached hydrogen (secondary N) is 1. The van der Waals surface area contributed by atoms with Crippen LogP contribution in [0.4, 0.5) is 5.69 Å². The summed E-state index contributed by atoms with van der Waals surface area (Å²) in [6.07, 6.45) is 0. The highest BCUT2D eigenvalue weighted by Gasteiger charge is 2.14. The van der Waals surface area contributed by atoms with Gasteiger partial charge in [-0.25, -0.2) is 0 Å². The maximum atomic E-state index is 11.8. The number of carbonyl (C=O) groups excluding carboxylic acids is 2. The Balaban J connectivity index is 2.60. The van der Waals surface area contributed by atoms with Gasteiger partial charge in [-0.2, -0.15) is 0 Å². The lowest BCUT2D eigenvalue weighted by molar-refractivity contribution is -0.118. The van der Waals surface area contributed by atoms with Crippen molar-refractivity contribution in [1.82, 2.24) is 0 Å². The van der Waals surface area contributed by atoms with Gasteiger partial charge in [-0.15, -0.1) is 0 Å². The molecule has 0 saturated carbocycles. The Morgan fingerprint density at radius 2 is 1.83 bits per heavy atom. The molecule has 1 rings (SSSR count). The molecule has 0 bridgehead atoms. The van der Waals surface area contributed by atoms with Crippen LogP contribution in [0, 0.1) is 5.92 Å². The van der Waals surface area contributed by atoms with Gasteiger partial charge in [-0.1, -0.05) is 41.9 Å². The minimum absolute atomic E-state index is 0.000417. The highest BCUT2D eigenvalue weighted by molar-refractivity contribution is 8.13. The first-order valence-electron chi connectivity index (χ1n) is 5.29. The summed E-state index contributed by atoms with van der Waals surface area (Å²) in [5.41, 5.74) is 0.553. The van der Waals surface area contributed by atoms with E-state index in [-0.39, 0.29) is 16.9 Å². The van der Waals surface area contributed by atoms with Crippen molar-refractivity contribution < 1.29 is 9.59 Å². The van der Waals surface area contributed by atoms with Gasteiger partial charge in [0, 0.05) is 34.3 Å². The molecule has 0 radical (unpaired) electrons. The third-order valence-corrected chi connectivity index (χ3v) is 3.62. The van der Waals surface area contributed by atoms with Crippen LogP contribution in [-0.2, 0) is 9.59 Å². The van der Waals surface area contributed by atoms with Gasteiger partial charge < -0.3 is 5.32 Å². The van der Waals surface area contributed by atoms with Crippen LogP contribution in [0.25, 0.3) is 0 Å². The fourth-order valence-corrected chi connectivity index (χ4v) is 2.37. The Labute approximate surface area is 120 Å². The molecule has 98 valence electrons. The molecule has 1 aromatic rings. The van der Waals surface area contributed by atoms with Crippen LogP contribution in [0.15, 0.2) is 18.2 Å². The molecule has 0 aliphatic heterocycles. The molecule has 3 nitrogen and oxygen atoms in total. The van der Waals surface area contributed by atoms with Crippen LogP contribution in [0.3, 0.4) is 0 Å². The van der Waals surface area contributed by atoms with E-state index in [1.807, 2.05) is 0 Å². The van der Waals surface area contributed by atoms with E-state index in [1.165, 1.54) is 6.92 Å². The van der Waals surface area contributed by atoms with E-state index in [2.05, 4.69) is 5.32 Å². The van der Waals surface area contributed by atoms with E-state index in [0.29, 0.717) is 21.5 Å². The molecule has 0 spiro atoms. The summed E-state index contributed by atoms with van der Waals surface area (Å²) < 4.78 is 0. The average Bonchev–Trinajstić information content (AvgIpc) is 2.24. The summed E-state index contributed by atoms with van der Waals surface area (Å²) in [6.45, 7) is 3.24. The zero-order valence-corrected chi connectivity index (χ0v) is 12.3. The topological polar surface area (TPSA) is 46.2 Å². The summed E-state index contributed by atoms with van der Waals surface area (Å²) in [4.78, 5) is 22.6. The number of thioether (sulfide) groups is 1. The molecule has 0 aromatic heterocycles. The number of carbonyl (C=O) groups is 2. The maximum absolute atomic E-state index is 11.8. The molecule has 0 heterocycles. The Kier molecular flexibility index (Phi) is 5.99. The monoisotopic (exact) mass is 305 g/mol. The number of hydrogen-bond acceptors (Lipinski definition) is 3. The summed E-state index contributed by atoms with van der Waals surface area (Å²) >= 11 is 12.8. The molecule has 0 aliphatic carbocycles. The summed E-state index contributed by atoms with van der Waals surface area (Å²) in [5, 5.41) is 3.64. The van der Waals surface area contributed by atoms with Crippen molar-refractivity contribution in [3.8, 4) is 0 Å². The van der Waals surface area contributed by atoms with Crippen molar-refractivity contribution in [2.45, 2.75) is 13.8 Å². The molecule has 1 N–H and O–H groups in total. The van der Waals surface area contributed by atoms with Crippen LogP contribution < -0.4 is 5.32 Å². The zero-order chi connectivity index (χ0) is 13.7. The van der Waals surface area contributed by atoms with E-state index in [1.54, 1.807) is 25.1 Å². The molecule has 0 aliphatic rings. The third-order valence-electron chi connectivity index (χ3n) is 2.11. The van der Waals surface area contributed by atoms with E-state index in [9.17, 15) is 9.59 Å². The second-order valence-electron chi connectivity index (χ2n) is 3.85. The lowest BCUT2D eigenvalue weighted by atomic mass is 10.2. The maximum Gasteiger partial charge on any atom is 0.228 e. The molecule has 1 atom stereocenters. The quantitative estimate of drug-likeness (QED) is 0.919. The first kappa shape index (κ1) is 15.3. The predicted molar refractivity (Wildman–Crippen MR) is 77.4 cm³/mol. The molecule has 1 aromatic carbocycles. The lowest BCUT2D eigenvalue weighted by Gasteiger charge is -2.11. The van der Waals surface area contributed by atoms with Gasteiger partial charge in [0.05, 0.1) is 0 Å². The molecular formula is C12H13Cl2NO2S. The first-order valence-corrected chi connectivity index (χ1v) is 7.03. The van der Waals surface area contributed by atoms with E-state index >= 15 is 0 Å². The van der Waals surface area contributed by atoms with Gasteiger partial charge >= 0.3 is 0 Å². The standard InChI is InChI=1S/C12H13Cl2NO2S/c1-7(6-18-8(2)16)12(17)15-11-4-9(13)3-10(14)5-11/h3-5,7H,6H2,1-2H3,(H,15,17). The van der Waals surface area contributed by atoms with Crippen LogP contribution in [0.5, 0.6) is 0 Å². The van der Waals surface area contributed by atoms with Crippen molar-refractivity contribution in [3.05, 3.63) is 28.2 Å². The molecule has 1 unspecified atom stereocenters. The largest absolute Gasteiger partial charge is 0.326 e. The van der Waals surface area contributed by atoms with Crippen LogP contribution >= 0.6 is 35.0 Å². The van der Waals surface area contributed by atoms with Crippen LogP contribution in [0.1, 0.15) is 13.8 Å². The van der Waals surface area contributed by atoms with Crippen molar-refractivity contribution in [2.24, 2.45) is 5.92 Å². The fourth-order valence-electron chi connectivity index (χ4n) is 1.21. The van der Waals surface area contributed by atoms with Gasteiger partial charge in [-0.05, 0) is 18.2 Å². The Hall–Kier alpha value is -0.710. The van der Waals surface area contributed by atoms with E-state index in [4.69, 9.17) is 23.2 Å². The Morgan fingerprint density at radius 3 is 2.33 bits per heavy atom. The second kappa shape index (κ2) is 7.02. The first-order chi connectivity index (χ1) is 8.38. The molecule has 6 heteroatoms. The summed E-state index contributed by atoms with van der Waals surface area (Å²) in [7, 11) is 0. The van der Waals surface area contributed by atoms with Crippen LogP contribution in [-0.4, -0.2) is 16.8 Å². The minimum Gasteiger partial charge on any atom is -0.326 e. The SMILES string of the molecule is CC(=O)SCC(C)C(=O)Nc1cc(Cl)cc(Cl)c1. The highest BCUT2D eigenvalue weighted by Crippen LogP contribution is 2.23. The van der Waals surface area contributed by atoms with Gasteiger partial charge in [-0.3, -0.25) is 9.59 Å². The van der Waals surface area contributed by atoms with Crippen molar-refractivity contribution in [3.63, 3.8) is 0 Å². The number of anilines is 1. The highest BCUT2D eigenvalue weighted by atomic mass is 35.5. The van der Waals surface area contributed by atoms with Gasteiger partial charge in [0.15, 0.2) is 5.12 Å². The Bertz CT molecular complexity index is 445. The molecule has 18 heavy (non-hydrogen) atoms. The van der Waals surface area contributed by atoms with Gasteiger partial charge in [0.1, 0.15) is 0 Å². The second-order valence-corrected chi connectivity index (χ2v) is 5.92. The minimum atomic E-state index is -0.267. The number of halogens is 2. The fraction of sp³-hybridized carbons (Fsp3) is 0.333. The number of amides is 1.